The highest BCUT2D eigenvalue weighted by Crippen LogP contribution is 2.87. The normalized spacial score (nSPS) is 42.1. The molecule has 0 aromatic heterocycles. The number of allylic oxidation sites excluding steroid dienone is 2. The van der Waals surface area contributed by atoms with E-state index in [0.29, 0.717) is 18.3 Å². The van der Waals surface area contributed by atoms with E-state index in [9.17, 15) is 24.3 Å². The molecule has 248 valence electrons. The lowest BCUT2D eigenvalue weighted by Crippen LogP contribution is -2.56. The summed E-state index contributed by atoms with van der Waals surface area (Å²) in [4.78, 5) is 50.0. The molecule has 5 aliphatic carbocycles. The smallest absolute Gasteiger partial charge is 0.332 e. The summed E-state index contributed by atoms with van der Waals surface area (Å²) in [5, 5.41) is 14.0. The molecule has 4 fully saturated rings. The average molecular weight is 626 g/mol. The minimum absolute atomic E-state index is 0.0560. The monoisotopic (exact) mass is 625 g/mol. The highest BCUT2D eigenvalue weighted by Gasteiger charge is 2.81. The van der Waals surface area contributed by atoms with Crippen molar-refractivity contribution in [2.24, 2.45) is 68.0 Å². The van der Waals surface area contributed by atoms with Gasteiger partial charge in [-0.3, -0.25) is 14.4 Å². The van der Waals surface area contributed by atoms with Crippen LogP contribution < -0.4 is 11.2 Å². The van der Waals surface area contributed by atoms with Crippen molar-refractivity contribution in [3.8, 4) is 0 Å². The summed E-state index contributed by atoms with van der Waals surface area (Å²) in [6.45, 7) is 16.9. The van der Waals surface area contributed by atoms with Gasteiger partial charge in [0, 0.05) is 44.1 Å². The highest BCUT2D eigenvalue weighted by atomic mass is 16.6. The first-order valence-corrected chi connectivity index (χ1v) is 16.5. The number of hydrogen-bond donors (Lipinski definition) is 3. The van der Waals surface area contributed by atoms with Gasteiger partial charge in [-0.15, -0.1) is 0 Å². The van der Waals surface area contributed by atoms with Gasteiger partial charge in [-0.05, 0) is 83.7 Å². The molecule has 0 aliphatic heterocycles. The van der Waals surface area contributed by atoms with Crippen molar-refractivity contribution in [3.63, 3.8) is 0 Å². The van der Waals surface area contributed by atoms with Gasteiger partial charge in [0.1, 0.15) is 6.10 Å². The average Bonchev–Trinajstić information content (AvgIpc) is 3.57. The zero-order valence-corrected chi connectivity index (χ0v) is 27.9. The molecule has 4 N–H and O–H groups in total. The molecule has 5 rings (SSSR count). The maximum atomic E-state index is 13.8. The number of Topliss-reactive ketones (excluding diaryl/α,β-unsaturated/α-hetero) is 1. The number of carbonyl (C=O) groups excluding carboxylic acids is 4. The fraction of sp³-hybridized carbons (Fsp3) is 0.743. The van der Waals surface area contributed by atoms with Crippen LogP contribution >= 0.6 is 0 Å². The number of hydrogen-bond acceptors (Lipinski definition) is 8. The van der Waals surface area contributed by atoms with Crippen molar-refractivity contribution in [3.05, 3.63) is 24.3 Å². The number of fused-ring (bicyclic) bond motifs is 2. The molecule has 45 heavy (non-hydrogen) atoms. The summed E-state index contributed by atoms with van der Waals surface area (Å²) in [7, 11) is 0. The van der Waals surface area contributed by atoms with Crippen LogP contribution in [0.1, 0.15) is 87.0 Å². The Labute approximate surface area is 266 Å². The Morgan fingerprint density at radius 1 is 1.13 bits per heavy atom. The largest absolute Gasteiger partial charge is 0.462 e. The van der Waals surface area contributed by atoms with Gasteiger partial charge in [-0.25, -0.2) is 10.2 Å². The van der Waals surface area contributed by atoms with Gasteiger partial charge < -0.3 is 20.3 Å². The maximum Gasteiger partial charge on any atom is 0.332 e. The van der Waals surface area contributed by atoms with Gasteiger partial charge in [0.15, 0.2) is 11.9 Å². The number of carbonyl (C=O) groups is 4. The second kappa shape index (κ2) is 11.4. The fourth-order valence-corrected chi connectivity index (χ4v) is 11.2. The molecule has 10 heteroatoms. The Bertz CT molecular complexity index is 1360. The third kappa shape index (κ3) is 4.88. The molecule has 0 radical (unpaired) electrons. The Morgan fingerprint density at radius 2 is 1.82 bits per heavy atom. The van der Waals surface area contributed by atoms with Gasteiger partial charge in [0.25, 0.3) is 0 Å². The second-order valence-electron chi connectivity index (χ2n) is 15.3. The first-order valence-electron chi connectivity index (χ1n) is 16.5. The summed E-state index contributed by atoms with van der Waals surface area (Å²) >= 11 is 0. The number of primary amides is 1. The molecule has 0 bridgehead atoms. The third-order valence-electron chi connectivity index (χ3n) is 13.4. The van der Waals surface area contributed by atoms with E-state index in [1.807, 2.05) is 6.92 Å². The summed E-state index contributed by atoms with van der Waals surface area (Å²) in [5.41, 5.74) is 8.43. The number of aliphatic hydroxyl groups excluding tert-OH is 1. The Hall–Kier alpha value is -3.01. The number of nitrogens with one attached hydrogen (secondary N) is 1. The molecule has 0 heterocycles. The standard InChI is InChI=1S/C35H51N3O7/c1-18(16-39)19(2)29(42)30(45-23(6)41)21(4)28-26(44-22(5)40)15-33(8)27-10-9-24-20(3)25(37-38-31(36)43)11-12-34(24)17-35(27,34)14-13-32(28,33)7/h11-12,18,20-21,24,26-28,30,39H,2,9-10,13-17H2,1,3-8H3,(H3,36,38,43)/b37-25+/t18-,20-,21?,24-,26-,27-,28-,30+,32+,33-,34?,35?/m0/s1. The predicted molar refractivity (Wildman–Crippen MR) is 168 cm³/mol. The van der Waals surface area contributed by atoms with Gasteiger partial charge in [0.2, 0.25) is 0 Å². The maximum absolute atomic E-state index is 13.8. The molecule has 5 aliphatic rings. The zero-order valence-electron chi connectivity index (χ0n) is 27.9. The van der Waals surface area contributed by atoms with Crippen LogP contribution in [0.5, 0.6) is 0 Å². The molecule has 0 saturated heterocycles. The first kappa shape index (κ1) is 33.4. The number of urea groups is 1. The minimum atomic E-state index is -1.10. The zero-order chi connectivity index (χ0) is 33.3. The van der Waals surface area contributed by atoms with Crippen LogP contribution in [0.15, 0.2) is 29.4 Å². The number of nitrogens with zero attached hydrogens (tertiary/aromatic N) is 1. The molecule has 0 aromatic carbocycles. The molecular weight excluding hydrogens is 574 g/mol. The molecule has 0 aromatic rings. The Morgan fingerprint density at radius 3 is 2.42 bits per heavy atom. The molecule has 2 amide bonds. The van der Waals surface area contributed by atoms with Gasteiger partial charge in [-0.1, -0.05) is 47.3 Å². The SMILES string of the molecule is C=C(C(=O)[C@H](OC(C)=O)C(C)[C@H]1[C@@H](OC(C)=O)C[C@@]2(C)[C@@H]3CC[C@H]4[C@H](C)/C(=N/NC(N)=O)C=CC45CC35CC[C@]12C)[C@@H](C)CO. The van der Waals surface area contributed by atoms with Crippen molar-refractivity contribution in [2.45, 2.75) is 99.2 Å². The quantitative estimate of drug-likeness (QED) is 0.190. The van der Waals surface area contributed by atoms with E-state index in [4.69, 9.17) is 15.2 Å². The lowest BCUT2D eigenvalue weighted by molar-refractivity contribution is -0.166. The highest BCUT2D eigenvalue weighted by molar-refractivity contribution is 6.00. The van der Waals surface area contributed by atoms with Crippen LogP contribution in [0.4, 0.5) is 4.79 Å². The predicted octanol–water partition coefficient (Wildman–Crippen LogP) is 4.70. The summed E-state index contributed by atoms with van der Waals surface area (Å²) in [5.74, 6) is -1.52. The number of nitrogens with two attached hydrogens (primary N) is 1. The van der Waals surface area contributed by atoms with Crippen molar-refractivity contribution >= 4 is 29.5 Å². The van der Waals surface area contributed by atoms with E-state index in [1.54, 1.807) is 6.92 Å². The van der Waals surface area contributed by atoms with Crippen LogP contribution in [0.2, 0.25) is 0 Å². The lowest BCUT2D eigenvalue weighted by Gasteiger charge is -2.61. The summed E-state index contributed by atoms with van der Waals surface area (Å²) in [6, 6.07) is -0.674. The lowest BCUT2D eigenvalue weighted by atomic mass is 9.43. The number of ketones is 1. The molecule has 4 saturated carbocycles. The van der Waals surface area contributed by atoms with Crippen LogP contribution in [0.25, 0.3) is 0 Å². The van der Waals surface area contributed by atoms with E-state index in [1.165, 1.54) is 13.8 Å². The van der Waals surface area contributed by atoms with Crippen LogP contribution in [0, 0.1) is 57.2 Å². The van der Waals surface area contributed by atoms with E-state index >= 15 is 0 Å². The summed E-state index contributed by atoms with van der Waals surface area (Å²) < 4.78 is 11.9. The van der Waals surface area contributed by atoms with E-state index in [-0.39, 0.29) is 51.6 Å². The molecule has 3 unspecified atom stereocenters. The fourth-order valence-electron chi connectivity index (χ4n) is 11.2. The van der Waals surface area contributed by atoms with E-state index in [0.717, 1.165) is 37.8 Å². The second-order valence-corrected chi connectivity index (χ2v) is 15.3. The van der Waals surface area contributed by atoms with Gasteiger partial charge in [0.05, 0.1) is 5.71 Å². The number of ether oxygens (including phenoxy) is 2. The number of hydrazone groups is 1. The molecular formula is C35H51N3O7. The Kier molecular flexibility index (Phi) is 8.41. The van der Waals surface area contributed by atoms with Crippen LogP contribution in [-0.2, 0) is 23.9 Å². The van der Waals surface area contributed by atoms with Crippen molar-refractivity contribution in [2.75, 3.05) is 6.61 Å². The van der Waals surface area contributed by atoms with E-state index in [2.05, 4.69) is 50.0 Å². The van der Waals surface area contributed by atoms with Crippen LogP contribution in [-0.4, -0.2) is 53.4 Å². The molecule has 2 spiro atoms. The number of esters is 2. The van der Waals surface area contributed by atoms with Gasteiger partial charge in [-0.2, -0.15) is 5.10 Å². The van der Waals surface area contributed by atoms with Crippen molar-refractivity contribution in [1.29, 1.82) is 0 Å². The summed E-state index contributed by atoms with van der Waals surface area (Å²) in [6.07, 6.45) is 8.60. The third-order valence-corrected chi connectivity index (χ3v) is 13.4. The topological polar surface area (TPSA) is 157 Å². The van der Waals surface area contributed by atoms with Crippen molar-refractivity contribution in [1.82, 2.24) is 5.43 Å². The number of rotatable bonds is 9. The van der Waals surface area contributed by atoms with Crippen LogP contribution in [0.3, 0.4) is 0 Å². The molecule has 12 atom stereocenters. The number of amides is 2. The van der Waals surface area contributed by atoms with E-state index < -0.39 is 41.8 Å². The minimum Gasteiger partial charge on any atom is -0.462 e. The first-order chi connectivity index (χ1) is 21.0. The molecule has 10 nitrogen and oxygen atoms in total. The van der Waals surface area contributed by atoms with Gasteiger partial charge >= 0.3 is 18.0 Å². The van der Waals surface area contributed by atoms with Crippen molar-refractivity contribution < 1.29 is 33.8 Å². The Balaban J connectivity index is 1.52. The number of aliphatic hydroxyl groups is 1.